The van der Waals surface area contributed by atoms with Gasteiger partial charge in [0.15, 0.2) is 5.69 Å². The molecular weight excluding hydrogens is 218 g/mol. The van der Waals surface area contributed by atoms with Gasteiger partial charge < -0.3 is 20.5 Å². The lowest BCUT2D eigenvalue weighted by atomic mass is 10.3. The first-order valence-electron chi connectivity index (χ1n) is 4.29. The normalized spacial score (nSPS) is 11.8. The highest BCUT2D eigenvalue weighted by molar-refractivity contribution is 5.95. The van der Waals surface area contributed by atoms with E-state index in [0.29, 0.717) is 0 Å². The molecule has 0 radical (unpaired) electrons. The van der Waals surface area contributed by atoms with Crippen LogP contribution in [-0.2, 0) is 4.79 Å². The predicted molar refractivity (Wildman–Crippen MR) is 52.0 cm³/mol. The molecule has 0 fully saturated rings. The van der Waals surface area contributed by atoms with Crippen LogP contribution in [0, 0.1) is 10.1 Å². The van der Waals surface area contributed by atoms with Gasteiger partial charge in [0.2, 0.25) is 0 Å². The van der Waals surface area contributed by atoms with Crippen molar-refractivity contribution in [2.75, 3.05) is 0 Å². The predicted octanol–water partition coefficient (Wildman–Crippen LogP) is 0.126. The number of nitrogens with zero attached hydrogens (tertiary/aromatic N) is 1. The quantitative estimate of drug-likeness (QED) is 0.497. The van der Waals surface area contributed by atoms with Crippen molar-refractivity contribution < 1.29 is 19.6 Å². The molecule has 0 bridgehead atoms. The highest BCUT2D eigenvalue weighted by Gasteiger charge is 2.19. The third-order valence-corrected chi connectivity index (χ3v) is 1.83. The molecule has 1 aromatic heterocycles. The van der Waals surface area contributed by atoms with Crippen LogP contribution in [0.1, 0.15) is 17.4 Å². The van der Waals surface area contributed by atoms with Gasteiger partial charge in [-0.25, -0.2) is 4.98 Å². The Balaban J connectivity index is 2.73. The van der Waals surface area contributed by atoms with Crippen molar-refractivity contribution in [3.05, 3.63) is 27.9 Å². The molecule has 0 saturated heterocycles. The average Bonchev–Trinajstić information content (AvgIpc) is 2.65. The summed E-state index contributed by atoms with van der Waals surface area (Å²) in [5.41, 5.74) is -0.0557. The molecule has 1 atom stereocenters. The van der Waals surface area contributed by atoms with E-state index in [1.54, 1.807) is 0 Å². The molecule has 0 aliphatic carbocycles. The number of aliphatic carboxylic acids is 1. The van der Waals surface area contributed by atoms with Gasteiger partial charge in [-0.15, -0.1) is 0 Å². The lowest BCUT2D eigenvalue weighted by Gasteiger charge is -2.06. The number of carbonyl (C=O) groups is 2. The Morgan fingerprint density at radius 3 is 2.62 bits per heavy atom. The van der Waals surface area contributed by atoms with Crippen molar-refractivity contribution in [3.63, 3.8) is 0 Å². The van der Waals surface area contributed by atoms with Crippen LogP contribution in [0.15, 0.2) is 12.1 Å². The highest BCUT2D eigenvalue weighted by atomic mass is 16.6. The van der Waals surface area contributed by atoms with E-state index in [1.807, 2.05) is 0 Å². The topological polar surface area (TPSA) is 125 Å². The molecule has 3 N–H and O–H groups in total. The minimum absolute atomic E-state index is 0.0557. The largest absolute Gasteiger partial charge is 0.480 e. The number of rotatable bonds is 4. The third kappa shape index (κ3) is 2.56. The number of nitrogens with one attached hydrogen (secondary N) is 2. The van der Waals surface area contributed by atoms with E-state index >= 15 is 0 Å². The van der Waals surface area contributed by atoms with Crippen molar-refractivity contribution in [2.45, 2.75) is 13.0 Å². The standard InChI is InChI=1S/C8H9N3O5/c1-4(8(13)14)9-7(12)5-2-3-6(10-5)11(15)16/h2-4,10H,1H3,(H,9,12)(H,13,14)/t4-/m1/s1. The van der Waals surface area contributed by atoms with Crippen LogP contribution in [0.2, 0.25) is 0 Å². The molecule has 0 unspecified atom stereocenters. The summed E-state index contributed by atoms with van der Waals surface area (Å²) >= 11 is 0. The third-order valence-electron chi connectivity index (χ3n) is 1.83. The zero-order valence-corrected chi connectivity index (χ0v) is 8.26. The number of H-pyrrole nitrogens is 1. The maximum atomic E-state index is 11.4. The Bertz CT molecular complexity index is 439. The second kappa shape index (κ2) is 4.43. The molecule has 1 aromatic rings. The molecule has 0 aliphatic rings. The minimum Gasteiger partial charge on any atom is -0.480 e. The van der Waals surface area contributed by atoms with Crippen LogP contribution in [0.4, 0.5) is 5.82 Å². The lowest BCUT2D eigenvalue weighted by molar-refractivity contribution is -0.389. The Morgan fingerprint density at radius 1 is 1.56 bits per heavy atom. The minimum atomic E-state index is -1.19. The zero-order chi connectivity index (χ0) is 12.3. The Kier molecular flexibility index (Phi) is 3.24. The Hall–Kier alpha value is -2.38. The monoisotopic (exact) mass is 227 g/mol. The maximum Gasteiger partial charge on any atom is 0.325 e. The van der Waals surface area contributed by atoms with Crippen LogP contribution >= 0.6 is 0 Å². The SMILES string of the molecule is C[C@@H](NC(=O)c1ccc([N+](=O)[O-])[nH]1)C(=O)O. The summed E-state index contributed by atoms with van der Waals surface area (Å²) in [5, 5.41) is 21.0. The summed E-state index contributed by atoms with van der Waals surface area (Å²) in [7, 11) is 0. The second-order valence-electron chi connectivity index (χ2n) is 3.05. The second-order valence-corrected chi connectivity index (χ2v) is 3.05. The summed E-state index contributed by atoms with van der Waals surface area (Å²) < 4.78 is 0. The van der Waals surface area contributed by atoms with Crippen molar-refractivity contribution in [2.24, 2.45) is 0 Å². The van der Waals surface area contributed by atoms with E-state index in [0.717, 1.165) is 6.07 Å². The van der Waals surface area contributed by atoms with Gasteiger partial charge in [0.25, 0.3) is 5.91 Å². The van der Waals surface area contributed by atoms with Crippen molar-refractivity contribution in [1.29, 1.82) is 0 Å². The van der Waals surface area contributed by atoms with Gasteiger partial charge in [-0.1, -0.05) is 0 Å². The molecule has 8 heteroatoms. The molecule has 8 nitrogen and oxygen atoms in total. The summed E-state index contributed by atoms with van der Waals surface area (Å²) in [6.45, 7) is 1.29. The number of aromatic nitrogens is 1. The van der Waals surface area contributed by atoms with Crippen LogP contribution < -0.4 is 5.32 Å². The molecule has 1 rings (SSSR count). The number of aromatic amines is 1. The van der Waals surface area contributed by atoms with E-state index in [-0.39, 0.29) is 11.5 Å². The fourth-order valence-corrected chi connectivity index (χ4v) is 0.959. The lowest BCUT2D eigenvalue weighted by Crippen LogP contribution is -2.38. The number of carbonyl (C=O) groups excluding carboxylic acids is 1. The summed E-state index contributed by atoms with van der Waals surface area (Å²) in [6.07, 6.45) is 0. The van der Waals surface area contributed by atoms with Gasteiger partial charge in [-0.2, -0.15) is 0 Å². The maximum absolute atomic E-state index is 11.4. The zero-order valence-electron chi connectivity index (χ0n) is 8.26. The van der Waals surface area contributed by atoms with Crippen LogP contribution in [0.3, 0.4) is 0 Å². The molecule has 0 saturated carbocycles. The number of amides is 1. The first-order chi connectivity index (χ1) is 7.41. The summed E-state index contributed by atoms with van der Waals surface area (Å²) in [6, 6.07) is 1.28. The molecule has 0 spiro atoms. The Morgan fingerprint density at radius 2 is 2.19 bits per heavy atom. The van der Waals surface area contributed by atoms with E-state index < -0.39 is 22.8 Å². The average molecular weight is 227 g/mol. The highest BCUT2D eigenvalue weighted by Crippen LogP contribution is 2.09. The summed E-state index contributed by atoms with van der Waals surface area (Å²) in [5.74, 6) is -2.22. The fraction of sp³-hybridized carbons (Fsp3) is 0.250. The number of hydrogen-bond acceptors (Lipinski definition) is 4. The first kappa shape index (κ1) is 11.7. The molecule has 0 aromatic carbocycles. The smallest absolute Gasteiger partial charge is 0.325 e. The fourth-order valence-electron chi connectivity index (χ4n) is 0.959. The van der Waals surface area contributed by atoms with Crippen LogP contribution in [0.25, 0.3) is 0 Å². The van der Waals surface area contributed by atoms with Gasteiger partial charge in [-0.05, 0) is 17.9 Å². The van der Waals surface area contributed by atoms with Gasteiger partial charge in [-0.3, -0.25) is 9.59 Å². The van der Waals surface area contributed by atoms with Gasteiger partial charge in [0, 0.05) is 6.07 Å². The number of carboxylic acid groups (broad SMARTS) is 1. The van der Waals surface area contributed by atoms with E-state index in [4.69, 9.17) is 5.11 Å². The molecule has 16 heavy (non-hydrogen) atoms. The van der Waals surface area contributed by atoms with Crippen molar-refractivity contribution >= 4 is 17.7 Å². The van der Waals surface area contributed by atoms with E-state index in [2.05, 4.69) is 10.3 Å². The Labute approximate surface area is 89.4 Å². The summed E-state index contributed by atoms with van der Waals surface area (Å²) in [4.78, 5) is 33.7. The van der Waals surface area contributed by atoms with Gasteiger partial charge in [0.1, 0.15) is 6.04 Å². The van der Waals surface area contributed by atoms with E-state index in [9.17, 15) is 19.7 Å². The molecule has 0 aliphatic heterocycles. The molecular formula is C8H9N3O5. The van der Waals surface area contributed by atoms with Crippen molar-refractivity contribution in [1.82, 2.24) is 10.3 Å². The number of nitro groups is 1. The molecule has 1 amide bonds. The first-order valence-corrected chi connectivity index (χ1v) is 4.29. The molecule has 86 valence electrons. The molecule has 1 heterocycles. The van der Waals surface area contributed by atoms with Crippen molar-refractivity contribution in [3.8, 4) is 0 Å². The number of hydrogen-bond donors (Lipinski definition) is 3. The van der Waals surface area contributed by atoms with Gasteiger partial charge >= 0.3 is 11.8 Å². The van der Waals surface area contributed by atoms with Crippen LogP contribution in [0.5, 0.6) is 0 Å². The van der Waals surface area contributed by atoms with Gasteiger partial charge in [0.05, 0.1) is 0 Å². The number of carboxylic acids is 1. The van der Waals surface area contributed by atoms with Crippen LogP contribution in [-0.4, -0.2) is 32.9 Å². The van der Waals surface area contributed by atoms with E-state index in [1.165, 1.54) is 13.0 Å².